The molecule has 0 spiro atoms. The highest BCUT2D eigenvalue weighted by Crippen LogP contribution is 2.36. The van der Waals surface area contributed by atoms with E-state index >= 15 is 0 Å². The first kappa shape index (κ1) is 19.4. The summed E-state index contributed by atoms with van der Waals surface area (Å²) in [6, 6.07) is 3.68. The number of carboxylic acid groups (broad SMARTS) is 1. The van der Waals surface area contributed by atoms with E-state index in [-0.39, 0.29) is 6.61 Å². The van der Waals surface area contributed by atoms with Crippen molar-refractivity contribution in [2.75, 3.05) is 20.8 Å². The van der Waals surface area contributed by atoms with Crippen LogP contribution in [0.1, 0.15) is 20.8 Å². The fraction of sp³-hybridized carbons (Fsp3) is 0.500. The van der Waals surface area contributed by atoms with E-state index in [2.05, 4.69) is 5.32 Å². The molecule has 1 atom stereocenters. The molecule has 0 bridgehead atoms. The van der Waals surface area contributed by atoms with Crippen LogP contribution in [0.4, 0.5) is 4.79 Å². The first-order valence-corrected chi connectivity index (χ1v) is 7.24. The van der Waals surface area contributed by atoms with Gasteiger partial charge in [-0.1, -0.05) is 6.07 Å². The fourth-order valence-electron chi connectivity index (χ4n) is 1.77. The van der Waals surface area contributed by atoms with Crippen LogP contribution in [-0.4, -0.2) is 49.6 Å². The Morgan fingerprint density at radius 2 is 1.79 bits per heavy atom. The van der Waals surface area contributed by atoms with Gasteiger partial charge in [-0.25, -0.2) is 9.59 Å². The summed E-state index contributed by atoms with van der Waals surface area (Å²) in [5.41, 5.74) is -0.732. The molecule has 0 aromatic heterocycles. The summed E-state index contributed by atoms with van der Waals surface area (Å²) in [7, 11) is 2.92. The van der Waals surface area contributed by atoms with E-state index in [9.17, 15) is 14.7 Å². The average Bonchev–Trinajstić information content (AvgIpc) is 2.48. The van der Waals surface area contributed by atoms with Crippen molar-refractivity contribution in [1.82, 2.24) is 5.32 Å². The molecule has 8 heteroatoms. The molecule has 2 N–H and O–H groups in total. The zero-order valence-electron chi connectivity index (χ0n) is 14.4. The number of rotatable bonds is 7. The number of benzene rings is 1. The molecule has 8 nitrogen and oxygen atoms in total. The fourth-order valence-corrected chi connectivity index (χ4v) is 1.77. The maximum atomic E-state index is 11.7. The third-order valence-corrected chi connectivity index (χ3v) is 2.76. The summed E-state index contributed by atoms with van der Waals surface area (Å²) in [6.07, 6.45) is -0.837. The second-order valence-electron chi connectivity index (χ2n) is 5.84. The van der Waals surface area contributed by atoms with Gasteiger partial charge < -0.3 is 29.4 Å². The molecule has 134 valence electrons. The SMILES string of the molecule is COc1cccc(OC[C@@H](NC(=O)OC(C)(C)C)C(=O)O)c1OC. The molecule has 0 aliphatic heterocycles. The number of hydrogen-bond donors (Lipinski definition) is 2. The monoisotopic (exact) mass is 341 g/mol. The molecule has 0 fully saturated rings. The van der Waals surface area contributed by atoms with Crippen LogP contribution in [0.3, 0.4) is 0 Å². The number of carbonyl (C=O) groups is 2. The third kappa shape index (κ3) is 5.86. The van der Waals surface area contributed by atoms with Gasteiger partial charge in [-0.2, -0.15) is 0 Å². The lowest BCUT2D eigenvalue weighted by Gasteiger charge is -2.22. The third-order valence-electron chi connectivity index (χ3n) is 2.76. The van der Waals surface area contributed by atoms with Gasteiger partial charge in [0.05, 0.1) is 14.2 Å². The van der Waals surface area contributed by atoms with Crippen LogP contribution in [0.25, 0.3) is 0 Å². The lowest BCUT2D eigenvalue weighted by Crippen LogP contribution is -2.46. The van der Waals surface area contributed by atoms with Crippen LogP contribution in [0, 0.1) is 0 Å². The Balaban J connectivity index is 2.78. The maximum absolute atomic E-state index is 11.7. The Morgan fingerprint density at radius 1 is 1.17 bits per heavy atom. The molecule has 1 rings (SSSR count). The van der Waals surface area contributed by atoms with Crippen molar-refractivity contribution >= 4 is 12.1 Å². The Hall–Kier alpha value is -2.64. The standard InChI is InChI=1S/C16H23NO7/c1-16(2,3)24-15(20)17-10(14(18)19)9-23-12-8-6-7-11(21-4)13(12)22-5/h6-8,10H,9H2,1-5H3,(H,17,20)(H,18,19)/t10-/m1/s1. The maximum Gasteiger partial charge on any atom is 0.408 e. The predicted molar refractivity (Wildman–Crippen MR) is 85.8 cm³/mol. The molecule has 0 aliphatic carbocycles. The van der Waals surface area contributed by atoms with Crippen LogP contribution in [-0.2, 0) is 9.53 Å². The molecule has 0 aliphatic rings. The van der Waals surface area contributed by atoms with Crippen LogP contribution in [0.2, 0.25) is 0 Å². The molecule has 0 unspecified atom stereocenters. The highest BCUT2D eigenvalue weighted by Gasteiger charge is 2.25. The van der Waals surface area contributed by atoms with Crippen LogP contribution in [0.5, 0.6) is 17.2 Å². The summed E-state index contributed by atoms with van der Waals surface area (Å²) in [5.74, 6) is -0.166. The minimum atomic E-state index is -1.28. The van der Waals surface area contributed by atoms with E-state index in [1.54, 1.807) is 39.0 Å². The smallest absolute Gasteiger partial charge is 0.408 e. The van der Waals surface area contributed by atoms with Crippen LogP contribution < -0.4 is 19.5 Å². The number of methoxy groups -OCH3 is 2. The lowest BCUT2D eigenvalue weighted by atomic mass is 10.2. The second kappa shape index (κ2) is 8.28. The van der Waals surface area contributed by atoms with E-state index in [4.69, 9.17) is 18.9 Å². The number of hydrogen-bond acceptors (Lipinski definition) is 6. The average molecular weight is 341 g/mol. The molecule has 1 aromatic carbocycles. The summed E-state index contributed by atoms with van der Waals surface area (Å²) in [6.45, 7) is 4.73. The van der Waals surface area contributed by atoms with Gasteiger partial charge in [-0.3, -0.25) is 0 Å². The van der Waals surface area contributed by atoms with E-state index in [0.717, 1.165) is 0 Å². The highest BCUT2D eigenvalue weighted by atomic mass is 16.6. The van der Waals surface area contributed by atoms with E-state index < -0.39 is 23.7 Å². The molecule has 0 heterocycles. The molecule has 0 radical (unpaired) electrons. The first-order valence-electron chi connectivity index (χ1n) is 7.24. The van der Waals surface area contributed by atoms with Gasteiger partial charge in [0.25, 0.3) is 0 Å². The number of aliphatic carboxylic acids is 1. The highest BCUT2D eigenvalue weighted by molar-refractivity contribution is 5.80. The van der Waals surface area contributed by atoms with Crippen LogP contribution >= 0.6 is 0 Å². The number of amides is 1. The Morgan fingerprint density at radius 3 is 2.29 bits per heavy atom. The number of ether oxygens (including phenoxy) is 4. The number of alkyl carbamates (subject to hydrolysis) is 1. The Labute approximate surface area is 140 Å². The van der Waals surface area contributed by atoms with Crippen molar-refractivity contribution in [2.24, 2.45) is 0 Å². The van der Waals surface area contributed by atoms with Gasteiger partial charge in [0.2, 0.25) is 5.75 Å². The lowest BCUT2D eigenvalue weighted by molar-refractivity contribution is -0.140. The number of carbonyl (C=O) groups excluding carboxylic acids is 1. The van der Waals surface area contributed by atoms with E-state index in [0.29, 0.717) is 17.2 Å². The summed E-state index contributed by atoms with van der Waals surface area (Å²) in [5, 5.41) is 11.5. The van der Waals surface area contributed by atoms with Crippen LogP contribution in [0.15, 0.2) is 18.2 Å². The van der Waals surface area contributed by atoms with Gasteiger partial charge in [0, 0.05) is 0 Å². The van der Waals surface area contributed by atoms with Crippen molar-refractivity contribution in [3.63, 3.8) is 0 Å². The van der Waals surface area contributed by atoms with Gasteiger partial charge in [0.1, 0.15) is 12.2 Å². The topological polar surface area (TPSA) is 103 Å². The van der Waals surface area contributed by atoms with Gasteiger partial charge in [-0.15, -0.1) is 0 Å². The quantitative estimate of drug-likeness (QED) is 0.782. The summed E-state index contributed by atoms with van der Waals surface area (Å²) >= 11 is 0. The normalized spacial score (nSPS) is 12.0. The number of carboxylic acids is 1. The predicted octanol–water partition coefficient (Wildman–Crippen LogP) is 2.06. The van der Waals surface area contributed by atoms with E-state index in [1.165, 1.54) is 14.2 Å². The zero-order valence-corrected chi connectivity index (χ0v) is 14.4. The molecular weight excluding hydrogens is 318 g/mol. The van der Waals surface area contributed by atoms with Gasteiger partial charge in [-0.05, 0) is 32.9 Å². The minimum Gasteiger partial charge on any atom is -0.493 e. The second-order valence-corrected chi connectivity index (χ2v) is 5.84. The van der Waals surface area contributed by atoms with Gasteiger partial charge in [0.15, 0.2) is 17.5 Å². The van der Waals surface area contributed by atoms with Crippen molar-refractivity contribution in [1.29, 1.82) is 0 Å². The largest absolute Gasteiger partial charge is 0.493 e. The van der Waals surface area contributed by atoms with Gasteiger partial charge >= 0.3 is 12.1 Å². The molecule has 24 heavy (non-hydrogen) atoms. The Kier molecular flexibility index (Phi) is 6.69. The number of para-hydroxylation sites is 1. The molecular formula is C16H23NO7. The summed E-state index contributed by atoms with van der Waals surface area (Å²) < 4.78 is 20.8. The van der Waals surface area contributed by atoms with Crippen molar-refractivity contribution in [2.45, 2.75) is 32.4 Å². The van der Waals surface area contributed by atoms with E-state index in [1.807, 2.05) is 0 Å². The summed E-state index contributed by atoms with van der Waals surface area (Å²) in [4.78, 5) is 23.0. The first-order chi connectivity index (χ1) is 11.2. The molecule has 0 saturated carbocycles. The molecule has 1 aromatic rings. The van der Waals surface area contributed by atoms with Crippen molar-refractivity contribution < 1.29 is 33.6 Å². The van der Waals surface area contributed by atoms with Crippen molar-refractivity contribution in [3.8, 4) is 17.2 Å². The molecule has 1 amide bonds. The van der Waals surface area contributed by atoms with Crippen molar-refractivity contribution in [3.05, 3.63) is 18.2 Å². The zero-order chi connectivity index (χ0) is 18.3. The Bertz CT molecular complexity index is 580. The number of nitrogens with one attached hydrogen (secondary N) is 1. The molecule has 0 saturated heterocycles. The minimum absolute atomic E-state index is 0.300.